The third-order valence-corrected chi connectivity index (χ3v) is 5.60. The van der Waals surface area contributed by atoms with Gasteiger partial charge in [-0.2, -0.15) is 0 Å². The first-order valence-electron chi connectivity index (χ1n) is 10.5. The van der Waals surface area contributed by atoms with E-state index in [2.05, 4.69) is 30.4 Å². The summed E-state index contributed by atoms with van der Waals surface area (Å²) < 4.78 is 5.32. The standard InChI is InChI=1S/C23H21N7O4/c1-13-6-7-18(31)20(25-13)28-22-24-10-8-16(27-22)14-4-3-5-15(26-14)17-12-19(34-29-17)23(33)9-11-30(2)21(23)32/h3-8,10,12,31,33H,9,11H2,1-2H3,(H,24,25,27,28). The van der Waals surface area contributed by atoms with E-state index in [9.17, 15) is 15.0 Å². The van der Waals surface area contributed by atoms with Crippen LogP contribution in [0, 0.1) is 6.92 Å². The van der Waals surface area contributed by atoms with Crippen molar-refractivity contribution in [2.75, 3.05) is 18.9 Å². The number of nitrogens with one attached hydrogen (secondary N) is 1. The van der Waals surface area contributed by atoms with E-state index in [4.69, 9.17) is 4.52 Å². The second kappa shape index (κ2) is 8.19. The molecule has 1 amide bonds. The largest absolute Gasteiger partial charge is 0.504 e. The van der Waals surface area contributed by atoms with E-state index in [1.165, 1.54) is 11.0 Å². The minimum Gasteiger partial charge on any atom is -0.504 e. The van der Waals surface area contributed by atoms with Gasteiger partial charge < -0.3 is 25.0 Å². The number of pyridine rings is 2. The summed E-state index contributed by atoms with van der Waals surface area (Å²) >= 11 is 0. The lowest BCUT2D eigenvalue weighted by atomic mass is 9.98. The maximum absolute atomic E-state index is 12.3. The van der Waals surface area contributed by atoms with Crippen molar-refractivity contribution in [3.8, 4) is 28.5 Å². The average Bonchev–Trinajstić information content (AvgIpc) is 3.44. The molecule has 0 aliphatic carbocycles. The fourth-order valence-electron chi connectivity index (χ4n) is 3.70. The molecule has 5 heterocycles. The first-order valence-corrected chi connectivity index (χ1v) is 10.5. The molecule has 11 nitrogen and oxygen atoms in total. The number of likely N-dealkylation sites (N-methyl/N-ethyl adjacent to an activating group) is 1. The Morgan fingerprint density at radius 1 is 1.06 bits per heavy atom. The van der Waals surface area contributed by atoms with Gasteiger partial charge in [0.15, 0.2) is 17.3 Å². The molecule has 1 unspecified atom stereocenters. The Bertz CT molecular complexity index is 1390. The Kier molecular flexibility index (Phi) is 5.17. The van der Waals surface area contributed by atoms with Crippen LogP contribution in [0.15, 0.2) is 53.2 Å². The third-order valence-electron chi connectivity index (χ3n) is 5.60. The quantitative estimate of drug-likeness (QED) is 0.406. The lowest BCUT2D eigenvalue weighted by molar-refractivity contribution is -0.144. The van der Waals surface area contributed by atoms with Crippen LogP contribution in [-0.4, -0.2) is 59.7 Å². The van der Waals surface area contributed by atoms with Crippen LogP contribution in [0.4, 0.5) is 11.8 Å². The number of aryl methyl sites for hydroxylation is 1. The number of amides is 1. The number of aliphatic hydroxyl groups is 1. The zero-order valence-electron chi connectivity index (χ0n) is 18.4. The van der Waals surface area contributed by atoms with E-state index in [0.717, 1.165) is 5.69 Å². The molecule has 1 saturated heterocycles. The molecule has 172 valence electrons. The first-order chi connectivity index (χ1) is 16.3. The molecular weight excluding hydrogens is 438 g/mol. The molecular formula is C23H21N7O4. The van der Waals surface area contributed by atoms with Crippen molar-refractivity contribution in [3.63, 3.8) is 0 Å². The van der Waals surface area contributed by atoms with Gasteiger partial charge in [0.1, 0.15) is 5.69 Å². The van der Waals surface area contributed by atoms with Crippen molar-refractivity contribution >= 4 is 17.7 Å². The van der Waals surface area contributed by atoms with Crippen LogP contribution in [0.5, 0.6) is 5.75 Å². The molecule has 3 N–H and O–H groups in total. The molecule has 0 aromatic carbocycles. The van der Waals surface area contributed by atoms with Gasteiger partial charge >= 0.3 is 0 Å². The molecule has 0 saturated carbocycles. The summed E-state index contributed by atoms with van der Waals surface area (Å²) in [5.74, 6) is 0.136. The van der Waals surface area contributed by atoms with Crippen LogP contribution in [-0.2, 0) is 10.4 Å². The maximum Gasteiger partial charge on any atom is 0.262 e. The third kappa shape index (κ3) is 3.82. The summed E-state index contributed by atoms with van der Waals surface area (Å²) in [5, 5.41) is 27.7. The maximum atomic E-state index is 12.3. The Labute approximate surface area is 194 Å². The number of rotatable bonds is 5. The Morgan fingerprint density at radius 3 is 2.59 bits per heavy atom. The number of hydrogen-bond donors (Lipinski definition) is 3. The molecule has 4 aromatic heterocycles. The van der Waals surface area contributed by atoms with Gasteiger partial charge in [0.05, 0.1) is 17.1 Å². The number of likely N-dealkylation sites (tertiary alicyclic amines) is 1. The zero-order chi connectivity index (χ0) is 23.9. The minimum atomic E-state index is -1.72. The SMILES string of the molecule is Cc1ccc(O)c(Nc2nccc(-c3cccc(-c4cc(C5(O)CCN(C)C5=O)on4)n3)n2)n1. The van der Waals surface area contributed by atoms with E-state index in [1.807, 2.05) is 6.92 Å². The van der Waals surface area contributed by atoms with Crippen LogP contribution in [0.25, 0.3) is 22.8 Å². The Morgan fingerprint density at radius 2 is 1.82 bits per heavy atom. The predicted octanol–water partition coefficient (Wildman–Crippen LogP) is 2.40. The molecule has 4 aromatic rings. The predicted molar refractivity (Wildman–Crippen MR) is 121 cm³/mol. The highest BCUT2D eigenvalue weighted by Gasteiger charge is 2.48. The summed E-state index contributed by atoms with van der Waals surface area (Å²) in [5.41, 5.74) is 0.953. The summed E-state index contributed by atoms with van der Waals surface area (Å²) in [6.45, 7) is 2.24. The number of aromatic hydroxyl groups is 1. The summed E-state index contributed by atoms with van der Waals surface area (Å²) in [4.78, 5) is 31.3. The molecule has 34 heavy (non-hydrogen) atoms. The summed E-state index contributed by atoms with van der Waals surface area (Å²) in [6, 6.07) is 11.8. The van der Waals surface area contributed by atoms with Gasteiger partial charge in [-0.3, -0.25) is 4.79 Å². The zero-order valence-corrected chi connectivity index (χ0v) is 18.4. The van der Waals surface area contributed by atoms with Crippen molar-refractivity contribution in [2.45, 2.75) is 18.9 Å². The van der Waals surface area contributed by atoms with Crippen molar-refractivity contribution < 1.29 is 19.5 Å². The molecule has 1 fully saturated rings. The number of nitrogens with zero attached hydrogens (tertiary/aromatic N) is 6. The highest BCUT2D eigenvalue weighted by Crippen LogP contribution is 2.34. The summed E-state index contributed by atoms with van der Waals surface area (Å²) in [7, 11) is 1.63. The fraction of sp³-hybridized carbons (Fsp3) is 0.217. The van der Waals surface area contributed by atoms with Gasteiger partial charge in [0.2, 0.25) is 11.5 Å². The molecule has 1 aliphatic rings. The topological polar surface area (TPSA) is 150 Å². The molecule has 11 heteroatoms. The van der Waals surface area contributed by atoms with Crippen molar-refractivity contribution in [3.05, 3.63) is 60.1 Å². The highest BCUT2D eigenvalue weighted by atomic mass is 16.5. The Hall–Kier alpha value is -4.38. The van der Waals surface area contributed by atoms with E-state index in [0.29, 0.717) is 29.3 Å². The molecule has 0 radical (unpaired) electrons. The molecule has 5 rings (SSSR count). The number of carbonyl (C=O) groups excluding carboxylic acids is 1. The van der Waals surface area contributed by atoms with Crippen LogP contribution >= 0.6 is 0 Å². The van der Waals surface area contributed by atoms with Gasteiger partial charge in [-0.25, -0.2) is 19.9 Å². The fourth-order valence-corrected chi connectivity index (χ4v) is 3.70. The van der Waals surface area contributed by atoms with E-state index >= 15 is 0 Å². The van der Waals surface area contributed by atoms with Gasteiger partial charge in [0, 0.05) is 38.0 Å². The van der Waals surface area contributed by atoms with E-state index in [-0.39, 0.29) is 29.7 Å². The van der Waals surface area contributed by atoms with Gasteiger partial charge in [-0.05, 0) is 37.3 Å². The van der Waals surface area contributed by atoms with Gasteiger partial charge in [0.25, 0.3) is 5.91 Å². The normalized spacial score (nSPS) is 17.9. The highest BCUT2D eigenvalue weighted by molar-refractivity contribution is 5.87. The molecule has 1 atom stereocenters. The molecule has 0 spiro atoms. The second-order valence-corrected chi connectivity index (χ2v) is 8.03. The van der Waals surface area contributed by atoms with Crippen LogP contribution in [0.1, 0.15) is 17.9 Å². The number of aromatic nitrogens is 5. The smallest absolute Gasteiger partial charge is 0.262 e. The monoisotopic (exact) mass is 459 g/mol. The van der Waals surface area contributed by atoms with Crippen molar-refractivity contribution in [2.24, 2.45) is 0 Å². The second-order valence-electron chi connectivity index (χ2n) is 8.03. The summed E-state index contributed by atoms with van der Waals surface area (Å²) in [6.07, 6.45) is 1.80. The number of anilines is 2. The van der Waals surface area contributed by atoms with Crippen molar-refractivity contribution in [1.82, 2.24) is 30.0 Å². The van der Waals surface area contributed by atoms with Gasteiger partial charge in [-0.15, -0.1) is 0 Å². The molecule has 1 aliphatic heterocycles. The number of hydrogen-bond acceptors (Lipinski definition) is 10. The van der Waals surface area contributed by atoms with Gasteiger partial charge in [-0.1, -0.05) is 11.2 Å². The van der Waals surface area contributed by atoms with Crippen molar-refractivity contribution in [1.29, 1.82) is 0 Å². The van der Waals surface area contributed by atoms with E-state index < -0.39 is 11.5 Å². The first kappa shape index (κ1) is 21.5. The van der Waals surface area contributed by atoms with Crippen LogP contribution < -0.4 is 5.32 Å². The molecule has 0 bridgehead atoms. The Balaban J connectivity index is 1.42. The van der Waals surface area contributed by atoms with Crippen LogP contribution in [0.3, 0.4) is 0 Å². The lowest BCUT2D eigenvalue weighted by Crippen LogP contribution is -2.35. The van der Waals surface area contributed by atoms with Crippen LogP contribution in [0.2, 0.25) is 0 Å². The van der Waals surface area contributed by atoms with E-state index in [1.54, 1.807) is 49.6 Å². The number of carbonyl (C=O) groups is 1. The minimum absolute atomic E-state index is 0.0184. The lowest BCUT2D eigenvalue weighted by Gasteiger charge is -2.16. The average molecular weight is 459 g/mol.